The molecule has 0 saturated heterocycles. The van der Waals surface area contributed by atoms with E-state index in [4.69, 9.17) is 22.9 Å². The Balaban J connectivity index is 3.06. The number of aliphatic imine (C=N–C) groups is 1. The quantitative estimate of drug-likeness (QED) is 0.0426. The Bertz CT molecular complexity index is 937. The maximum Gasteiger partial charge on any atom is 0.327 e. The first-order chi connectivity index (χ1) is 16.9. The number of aliphatic carboxylic acids is 1. The average molecular weight is 529 g/mol. The Morgan fingerprint density at radius 2 is 1.64 bits per heavy atom. The number of thiol groups is 1. The highest BCUT2D eigenvalue weighted by Crippen LogP contribution is 2.05. The number of carboxylic acids is 1. The lowest BCUT2D eigenvalue weighted by molar-refractivity contribution is -0.141. The minimum Gasteiger partial charge on any atom is -0.480 e. The fourth-order valence-corrected chi connectivity index (χ4v) is 3.16. The van der Waals surface area contributed by atoms with Gasteiger partial charge in [-0.1, -0.05) is 0 Å². The summed E-state index contributed by atoms with van der Waals surface area (Å²) in [6, 6.07) is -5.03. The molecule has 0 bridgehead atoms. The Morgan fingerprint density at radius 3 is 2.17 bits per heavy atom. The van der Waals surface area contributed by atoms with Gasteiger partial charge in [-0.15, -0.1) is 0 Å². The number of aromatic amines is 1. The number of imidazole rings is 1. The predicted octanol–water partition coefficient (Wildman–Crippen LogP) is -4.32. The van der Waals surface area contributed by atoms with Gasteiger partial charge < -0.3 is 49.0 Å². The molecule has 13 N–H and O–H groups in total. The summed E-state index contributed by atoms with van der Waals surface area (Å²) < 4.78 is 0. The number of nitrogens with zero attached hydrogens (tertiary/aromatic N) is 2. The number of hydrogen-bond acceptors (Lipinski definition) is 9. The van der Waals surface area contributed by atoms with Gasteiger partial charge in [-0.25, -0.2) is 9.78 Å². The zero-order valence-electron chi connectivity index (χ0n) is 19.3. The second-order valence-electron chi connectivity index (χ2n) is 7.71. The molecule has 1 aromatic heterocycles. The van der Waals surface area contributed by atoms with Gasteiger partial charge in [-0.05, 0) is 12.8 Å². The van der Waals surface area contributed by atoms with Crippen molar-refractivity contribution in [2.24, 2.45) is 27.9 Å². The van der Waals surface area contributed by atoms with E-state index >= 15 is 0 Å². The maximum atomic E-state index is 13.1. The van der Waals surface area contributed by atoms with E-state index in [2.05, 4.69) is 43.5 Å². The van der Waals surface area contributed by atoms with Gasteiger partial charge in [0.15, 0.2) is 5.96 Å². The lowest BCUT2D eigenvalue weighted by atomic mass is 10.1. The van der Waals surface area contributed by atoms with Crippen molar-refractivity contribution < 1.29 is 29.1 Å². The van der Waals surface area contributed by atoms with E-state index in [0.717, 1.165) is 0 Å². The minimum absolute atomic E-state index is 0.0461. The number of carboxylic acid groups (broad SMARTS) is 1. The van der Waals surface area contributed by atoms with Gasteiger partial charge in [0, 0.05) is 30.6 Å². The second kappa shape index (κ2) is 15.2. The lowest BCUT2D eigenvalue weighted by Crippen LogP contribution is -2.58. The van der Waals surface area contributed by atoms with Gasteiger partial charge in [0.05, 0.1) is 18.8 Å². The Labute approximate surface area is 211 Å². The molecule has 0 aliphatic heterocycles. The number of nitrogens with one attached hydrogen (secondary N) is 4. The first kappa shape index (κ1) is 30.2. The average Bonchev–Trinajstić information content (AvgIpc) is 3.30. The molecule has 0 radical (unpaired) electrons. The molecule has 4 unspecified atom stereocenters. The first-order valence-corrected chi connectivity index (χ1v) is 11.4. The molecule has 1 rings (SSSR count). The molecule has 200 valence electrons. The van der Waals surface area contributed by atoms with Crippen LogP contribution < -0.4 is 38.9 Å². The standard InChI is InChI=1S/C19H32N10O6S/c20-10(5-14(21)30)15(31)27-11(2-1-3-25-19(22)23)16(32)28-12(4-9-6-24-8-26-9)17(33)29-13(7-36)18(34)35/h6,8,10-13,36H,1-5,7,20H2,(H2,21,30)(H,24,26)(H,27,31)(H,28,32)(H,29,33)(H,34,35)(H4,22,23,25). The fraction of sp³-hybridized carbons (Fsp3) is 0.526. The first-order valence-electron chi connectivity index (χ1n) is 10.8. The van der Waals surface area contributed by atoms with Crippen molar-refractivity contribution in [2.75, 3.05) is 12.3 Å². The molecule has 1 aromatic rings. The molecular formula is C19H32N10O6S. The third kappa shape index (κ3) is 11.0. The zero-order chi connectivity index (χ0) is 27.3. The van der Waals surface area contributed by atoms with Crippen LogP contribution >= 0.6 is 12.6 Å². The Morgan fingerprint density at radius 1 is 1.03 bits per heavy atom. The maximum absolute atomic E-state index is 13.1. The van der Waals surface area contributed by atoms with Gasteiger partial charge in [0.2, 0.25) is 23.6 Å². The van der Waals surface area contributed by atoms with Crippen LogP contribution in [-0.4, -0.2) is 87.1 Å². The van der Waals surface area contributed by atoms with Crippen molar-refractivity contribution in [3.63, 3.8) is 0 Å². The number of primary amides is 1. The Hall–Kier alpha value is -3.86. The van der Waals surface area contributed by atoms with E-state index < -0.39 is 60.2 Å². The highest BCUT2D eigenvalue weighted by molar-refractivity contribution is 7.80. The zero-order valence-corrected chi connectivity index (χ0v) is 20.2. The molecule has 17 heteroatoms. The van der Waals surface area contributed by atoms with E-state index in [0.29, 0.717) is 5.69 Å². The van der Waals surface area contributed by atoms with Gasteiger partial charge >= 0.3 is 5.97 Å². The van der Waals surface area contributed by atoms with Crippen molar-refractivity contribution in [1.82, 2.24) is 25.9 Å². The number of rotatable bonds is 16. The van der Waals surface area contributed by atoms with Crippen molar-refractivity contribution in [3.05, 3.63) is 18.2 Å². The van der Waals surface area contributed by atoms with Crippen LogP contribution in [0.4, 0.5) is 0 Å². The smallest absolute Gasteiger partial charge is 0.327 e. The van der Waals surface area contributed by atoms with Crippen LogP contribution in [-0.2, 0) is 30.4 Å². The summed E-state index contributed by atoms with van der Waals surface area (Å²) in [4.78, 5) is 71.2. The van der Waals surface area contributed by atoms with E-state index in [-0.39, 0.29) is 37.5 Å². The molecule has 0 saturated carbocycles. The highest BCUT2D eigenvalue weighted by Gasteiger charge is 2.30. The second-order valence-corrected chi connectivity index (χ2v) is 8.08. The van der Waals surface area contributed by atoms with Crippen LogP contribution in [0.2, 0.25) is 0 Å². The predicted molar refractivity (Wildman–Crippen MR) is 131 cm³/mol. The van der Waals surface area contributed by atoms with Gasteiger partial charge in [0.25, 0.3) is 0 Å². The minimum atomic E-state index is -1.31. The molecule has 16 nitrogen and oxygen atoms in total. The Kier molecular flexibility index (Phi) is 12.7. The SMILES string of the molecule is NC(=O)CC(N)C(=O)NC(CCCN=C(N)N)C(=O)NC(Cc1cnc[nH]1)C(=O)NC(CS)C(=O)O. The summed E-state index contributed by atoms with van der Waals surface area (Å²) in [6.07, 6.45) is 2.60. The molecule has 1 heterocycles. The van der Waals surface area contributed by atoms with Crippen LogP contribution in [0.1, 0.15) is 25.0 Å². The van der Waals surface area contributed by atoms with Crippen LogP contribution in [0.3, 0.4) is 0 Å². The summed E-state index contributed by atoms with van der Waals surface area (Å²) in [5.41, 5.74) is 21.8. The fourth-order valence-electron chi connectivity index (χ4n) is 2.92. The lowest BCUT2D eigenvalue weighted by Gasteiger charge is -2.24. The number of guanidine groups is 1. The molecule has 4 atom stereocenters. The number of carbonyl (C=O) groups excluding carboxylic acids is 4. The number of aromatic nitrogens is 2. The number of hydrogen-bond donors (Lipinski definition) is 10. The normalized spacial score (nSPS) is 13.9. The van der Waals surface area contributed by atoms with Crippen LogP contribution in [0, 0.1) is 0 Å². The third-order valence-electron chi connectivity index (χ3n) is 4.75. The molecule has 4 amide bonds. The van der Waals surface area contributed by atoms with Crippen molar-refractivity contribution in [3.8, 4) is 0 Å². The van der Waals surface area contributed by atoms with Crippen molar-refractivity contribution in [2.45, 2.75) is 49.9 Å². The summed E-state index contributed by atoms with van der Waals surface area (Å²) in [5, 5.41) is 16.5. The summed E-state index contributed by atoms with van der Waals surface area (Å²) in [7, 11) is 0. The molecular weight excluding hydrogens is 496 g/mol. The summed E-state index contributed by atoms with van der Waals surface area (Å²) in [6.45, 7) is 0.148. The van der Waals surface area contributed by atoms with E-state index in [9.17, 15) is 29.1 Å². The van der Waals surface area contributed by atoms with Crippen molar-refractivity contribution >= 4 is 48.2 Å². The third-order valence-corrected chi connectivity index (χ3v) is 5.11. The van der Waals surface area contributed by atoms with Crippen LogP contribution in [0.25, 0.3) is 0 Å². The van der Waals surface area contributed by atoms with Crippen molar-refractivity contribution in [1.29, 1.82) is 0 Å². The molecule has 0 spiro atoms. The van der Waals surface area contributed by atoms with Gasteiger partial charge in [-0.2, -0.15) is 12.6 Å². The number of nitrogens with two attached hydrogens (primary N) is 4. The molecule has 36 heavy (non-hydrogen) atoms. The topological polar surface area (TPSA) is 287 Å². The van der Waals surface area contributed by atoms with Crippen LogP contribution in [0.5, 0.6) is 0 Å². The van der Waals surface area contributed by atoms with E-state index in [1.807, 2.05) is 0 Å². The number of H-pyrrole nitrogens is 1. The largest absolute Gasteiger partial charge is 0.480 e. The molecule has 0 aliphatic rings. The molecule has 0 fully saturated rings. The van der Waals surface area contributed by atoms with E-state index in [1.165, 1.54) is 12.5 Å². The van der Waals surface area contributed by atoms with Gasteiger partial charge in [-0.3, -0.25) is 24.2 Å². The summed E-state index contributed by atoms with van der Waals surface area (Å²) in [5.74, 6) is -4.83. The van der Waals surface area contributed by atoms with Gasteiger partial charge in [0.1, 0.15) is 18.1 Å². The number of amides is 4. The van der Waals surface area contributed by atoms with Crippen LogP contribution in [0.15, 0.2) is 17.5 Å². The summed E-state index contributed by atoms with van der Waals surface area (Å²) >= 11 is 3.91. The van der Waals surface area contributed by atoms with E-state index in [1.54, 1.807) is 0 Å². The molecule has 0 aliphatic carbocycles. The monoisotopic (exact) mass is 528 g/mol. The highest BCUT2D eigenvalue weighted by atomic mass is 32.1. The molecule has 0 aromatic carbocycles. The number of carbonyl (C=O) groups is 5.